The van der Waals surface area contributed by atoms with Crippen molar-refractivity contribution in [2.45, 2.75) is 104 Å². The number of aromatic nitrogens is 2. The maximum absolute atomic E-state index is 14.5. The van der Waals surface area contributed by atoms with Crippen LogP contribution in [0.1, 0.15) is 97.4 Å². The van der Waals surface area contributed by atoms with E-state index in [1.165, 1.54) is 30.7 Å². The van der Waals surface area contributed by atoms with Gasteiger partial charge in [0.05, 0.1) is 61.5 Å². The van der Waals surface area contributed by atoms with Crippen molar-refractivity contribution in [3.05, 3.63) is 97.6 Å². The number of likely N-dealkylation sites (tertiary alicyclic amines) is 1. The van der Waals surface area contributed by atoms with Gasteiger partial charge in [-0.25, -0.2) is 9.37 Å². The number of methoxy groups -OCH3 is 2. The Morgan fingerprint density at radius 2 is 1.42 bits per heavy atom. The molecule has 0 saturated carbocycles. The fourth-order valence-corrected chi connectivity index (χ4v) is 8.62. The number of unbranched alkanes of at least 4 members (excludes halogenated alkanes) is 2. The van der Waals surface area contributed by atoms with Gasteiger partial charge in [0.15, 0.2) is 6.29 Å². The molecule has 0 bridgehead atoms. The first-order valence-electron chi connectivity index (χ1n) is 24.4. The van der Waals surface area contributed by atoms with Crippen molar-refractivity contribution in [1.29, 1.82) is 0 Å². The fraction of sp³-hybridized carbons (Fsp3) is 0.462. The van der Waals surface area contributed by atoms with Crippen LogP contribution in [0.2, 0.25) is 0 Å². The van der Waals surface area contributed by atoms with Crippen LogP contribution in [0.15, 0.2) is 47.3 Å². The van der Waals surface area contributed by atoms with Crippen molar-refractivity contribution in [2.24, 2.45) is 0 Å². The Balaban J connectivity index is 0.000000275. The van der Waals surface area contributed by atoms with Gasteiger partial charge in [-0.3, -0.25) is 43.3 Å². The lowest BCUT2D eigenvalue weighted by Crippen LogP contribution is -2.45. The number of thiol groups is 1. The Labute approximate surface area is 434 Å². The molecule has 6 N–H and O–H groups in total. The normalized spacial score (nSPS) is 14.1. The van der Waals surface area contributed by atoms with E-state index >= 15 is 0 Å². The van der Waals surface area contributed by atoms with Crippen LogP contribution < -0.4 is 32.1 Å². The van der Waals surface area contributed by atoms with Crippen molar-refractivity contribution >= 4 is 71.2 Å². The molecule has 2 atom stereocenters. The monoisotopic (exact) mass is 1050 g/mol. The smallest absolute Gasteiger partial charge is 0.257 e. The number of hydrogen-bond acceptors (Lipinski definition) is 14. The molecule has 400 valence electrons. The summed E-state index contributed by atoms with van der Waals surface area (Å²) in [6.45, 7) is 7.19. The molecule has 1 fully saturated rings. The van der Waals surface area contributed by atoms with Gasteiger partial charge in [-0.2, -0.15) is 12.6 Å². The zero-order valence-corrected chi connectivity index (χ0v) is 43.6. The Morgan fingerprint density at radius 1 is 0.824 bits per heavy atom. The second kappa shape index (κ2) is 29.7. The van der Waals surface area contributed by atoms with Crippen molar-refractivity contribution in [3.63, 3.8) is 0 Å². The van der Waals surface area contributed by atoms with Gasteiger partial charge >= 0.3 is 0 Å². The van der Waals surface area contributed by atoms with Crippen LogP contribution in [0.5, 0.6) is 0 Å². The van der Waals surface area contributed by atoms with E-state index in [1.807, 2.05) is 32.0 Å². The van der Waals surface area contributed by atoms with Gasteiger partial charge in [0, 0.05) is 61.7 Å². The highest BCUT2D eigenvalue weighted by Crippen LogP contribution is 2.41. The summed E-state index contributed by atoms with van der Waals surface area (Å²) in [6.07, 6.45) is 3.53. The summed E-state index contributed by atoms with van der Waals surface area (Å²) in [7, 11) is 2.86. The summed E-state index contributed by atoms with van der Waals surface area (Å²) >= 11 is 4.05. The Bertz CT molecular complexity index is 2740. The number of carbonyl (C=O) groups is 8. The van der Waals surface area contributed by atoms with E-state index in [1.54, 1.807) is 17.6 Å². The Morgan fingerprint density at radius 3 is 1.96 bits per heavy atom. The molecule has 2 aliphatic heterocycles. The molecule has 7 rings (SSSR count). The molecule has 3 aliphatic rings. The van der Waals surface area contributed by atoms with E-state index in [0.717, 1.165) is 41.3 Å². The highest BCUT2D eigenvalue weighted by atomic mass is 32.1. The quantitative estimate of drug-likeness (QED) is 0.0195. The van der Waals surface area contributed by atoms with E-state index in [0.29, 0.717) is 61.1 Å². The van der Waals surface area contributed by atoms with Crippen molar-refractivity contribution in [3.8, 4) is 11.4 Å². The number of amides is 7. The number of imide groups is 1. The van der Waals surface area contributed by atoms with Crippen molar-refractivity contribution < 1.29 is 57.3 Å². The van der Waals surface area contributed by atoms with Gasteiger partial charge in [-0.05, 0) is 68.7 Å². The van der Waals surface area contributed by atoms with E-state index < -0.39 is 41.5 Å². The number of aliphatic hydroxyl groups excluding tert-OH is 1. The SMILES string of the molecule is CC.COCNC(=O)CNC(=O)CNC(=O)CNC(=O)CNC(=O)CCCCCN1C(=O)CC(S)C1=O.COCc1c(C(O)C=O)cc2n(c1=O)Cc1c-2nc2cc(F)c(C)c3c2c1CCC3.Cc1ccccc1. The molecule has 1 saturated heterocycles. The summed E-state index contributed by atoms with van der Waals surface area (Å²) in [5.41, 5.74) is 6.99. The van der Waals surface area contributed by atoms with E-state index in [-0.39, 0.29) is 86.0 Å². The number of nitrogens with one attached hydrogen (secondary N) is 5. The number of halogens is 1. The molecule has 2 unspecified atom stereocenters. The minimum absolute atomic E-state index is 0.00743. The number of aldehydes is 1. The van der Waals surface area contributed by atoms with Crippen LogP contribution in [-0.2, 0) is 73.8 Å². The predicted molar refractivity (Wildman–Crippen MR) is 276 cm³/mol. The lowest BCUT2D eigenvalue weighted by Gasteiger charge is -2.21. The van der Waals surface area contributed by atoms with Crippen molar-refractivity contribution in [1.82, 2.24) is 41.0 Å². The predicted octanol–water partition coefficient (Wildman–Crippen LogP) is 2.55. The molecule has 4 aromatic rings. The summed E-state index contributed by atoms with van der Waals surface area (Å²) in [4.78, 5) is 112. The number of carbonyl (C=O) groups excluding carboxylic acids is 8. The minimum Gasteiger partial charge on any atom is -0.381 e. The van der Waals surface area contributed by atoms with Crippen LogP contribution in [0.4, 0.5) is 4.39 Å². The van der Waals surface area contributed by atoms with Crippen LogP contribution >= 0.6 is 12.6 Å². The van der Waals surface area contributed by atoms with E-state index in [2.05, 4.69) is 63.0 Å². The third-order valence-electron chi connectivity index (χ3n) is 12.0. The number of fused-ring (bicyclic) bond motifs is 4. The molecule has 4 heterocycles. The molecule has 2 aromatic heterocycles. The molecule has 7 amide bonds. The first kappa shape index (κ1) is 59.7. The van der Waals surface area contributed by atoms with Gasteiger partial charge in [0.1, 0.15) is 18.7 Å². The number of aryl methyl sites for hydroxylation is 3. The second-order valence-corrected chi connectivity index (χ2v) is 17.8. The summed E-state index contributed by atoms with van der Waals surface area (Å²) in [5, 5.41) is 22.3. The number of nitrogens with zero attached hydrogens (tertiary/aromatic N) is 3. The highest BCUT2D eigenvalue weighted by molar-refractivity contribution is 7.81. The molecule has 74 heavy (non-hydrogen) atoms. The molecule has 2 aromatic carbocycles. The number of hydrogen-bond donors (Lipinski definition) is 7. The van der Waals surface area contributed by atoms with Gasteiger partial charge < -0.3 is 50.5 Å². The second-order valence-electron chi connectivity index (χ2n) is 17.2. The number of aliphatic hydroxyl groups is 1. The summed E-state index contributed by atoms with van der Waals surface area (Å²) in [6, 6.07) is 13.4. The highest BCUT2D eigenvalue weighted by Gasteiger charge is 2.36. The summed E-state index contributed by atoms with van der Waals surface area (Å²) < 4.78 is 25.9. The minimum atomic E-state index is -1.43. The largest absolute Gasteiger partial charge is 0.381 e. The van der Waals surface area contributed by atoms with Gasteiger partial charge in [0.25, 0.3) is 5.56 Å². The average Bonchev–Trinajstić information content (AvgIpc) is 3.89. The molecule has 0 radical (unpaired) electrons. The number of benzene rings is 2. The molecule has 0 spiro atoms. The third-order valence-corrected chi connectivity index (χ3v) is 12.4. The third kappa shape index (κ3) is 16.3. The molecule has 1 aliphatic carbocycles. The average molecular weight is 1050 g/mol. The Kier molecular flexibility index (Phi) is 24.0. The molecule has 20 nitrogen and oxygen atoms in total. The van der Waals surface area contributed by atoms with Gasteiger partial charge in [0.2, 0.25) is 41.4 Å². The molecular formula is C52H67FN8O12S. The zero-order chi connectivity index (χ0) is 54.5. The molecular weight excluding hydrogens is 980 g/mol. The maximum Gasteiger partial charge on any atom is 0.257 e. The van der Waals surface area contributed by atoms with Crippen LogP contribution in [0.25, 0.3) is 22.3 Å². The maximum atomic E-state index is 14.5. The Hall–Kier alpha value is -6.88. The number of rotatable bonds is 20. The first-order chi connectivity index (χ1) is 35.5. The van der Waals surface area contributed by atoms with Gasteiger partial charge in [-0.1, -0.05) is 56.2 Å². The standard InChI is InChI=1S/C23H21FN2O4.C20H32N6O8S.C7H8.C2H6/c1-11-12-4-3-5-13-15-8-26-19(22(15)25-18(21(12)13)7-17(11)24)6-14(20(28)9-27)16(10-30-2)23(26)29;1-34-12-25-18(31)11-24-17(30)10-23-16(29)9-22-15(28)8-21-14(27)5-3-2-4-6-26-19(32)7-13(35)20(26)33;1-7-5-3-2-4-6-7;1-2/h6-7,9,20,28H,3-5,8,10H2,1-2H3;13,35H,2-12H2,1H3,(H,21,27)(H,22,28)(H,23,29)(H,24,30)(H,25,31);2-6H,1H3;1-2H3. The lowest BCUT2D eigenvalue weighted by molar-refractivity contribution is -0.138. The summed E-state index contributed by atoms with van der Waals surface area (Å²) in [5.74, 6) is -3.40. The van der Waals surface area contributed by atoms with Crippen molar-refractivity contribution in [2.75, 3.05) is 53.7 Å². The van der Waals surface area contributed by atoms with Crippen LogP contribution in [0, 0.1) is 19.7 Å². The number of pyridine rings is 2. The first-order valence-corrected chi connectivity index (χ1v) is 24.9. The molecule has 22 heteroatoms. The lowest BCUT2D eigenvalue weighted by atomic mass is 9.85. The van der Waals surface area contributed by atoms with Crippen LogP contribution in [-0.4, -0.2) is 126 Å². The number of ether oxygens (including phenoxy) is 2. The van der Waals surface area contributed by atoms with E-state index in [4.69, 9.17) is 9.72 Å². The zero-order valence-electron chi connectivity index (χ0n) is 42.7. The topological polar surface area (TPSA) is 274 Å². The van der Waals surface area contributed by atoms with Crippen LogP contribution in [0.3, 0.4) is 0 Å². The van der Waals surface area contributed by atoms with E-state index in [9.17, 15) is 52.6 Å². The van der Waals surface area contributed by atoms with Gasteiger partial charge in [-0.15, -0.1) is 0 Å². The fourth-order valence-electron chi connectivity index (χ4n) is 8.33.